The van der Waals surface area contributed by atoms with E-state index in [1.807, 2.05) is 0 Å². The van der Waals surface area contributed by atoms with Crippen molar-refractivity contribution in [2.45, 2.75) is 51.1 Å². The molecule has 2 rings (SSSR count). The van der Waals surface area contributed by atoms with Crippen molar-refractivity contribution in [2.24, 2.45) is 11.7 Å². The van der Waals surface area contributed by atoms with Gasteiger partial charge in [0.1, 0.15) is 0 Å². The molecule has 20 heavy (non-hydrogen) atoms. The number of benzene rings is 1. The predicted molar refractivity (Wildman–Crippen MR) is 85.4 cm³/mol. The van der Waals surface area contributed by atoms with Crippen LogP contribution in [0.4, 0.5) is 0 Å². The molecule has 0 radical (unpaired) electrons. The lowest BCUT2D eigenvalue weighted by Crippen LogP contribution is -2.37. The van der Waals surface area contributed by atoms with Crippen LogP contribution in [0.5, 0.6) is 0 Å². The highest BCUT2D eigenvalue weighted by atomic mass is 79.9. The molecule has 3 nitrogen and oxygen atoms in total. The summed E-state index contributed by atoms with van der Waals surface area (Å²) < 4.78 is 1.10. The number of amides is 1. The SMILES string of the molecule is CC(CCc1ccc(Br)cc1)NC(=O)C1CCC(N)C1. The molecule has 110 valence electrons. The van der Waals surface area contributed by atoms with Gasteiger partial charge >= 0.3 is 0 Å². The first-order valence-electron chi connectivity index (χ1n) is 7.35. The van der Waals surface area contributed by atoms with E-state index in [4.69, 9.17) is 5.73 Å². The van der Waals surface area contributed by atoms with Gasteiger partial charge < -0.3 is 11.1 Å². The highest BCUT2D eigenvalue weighted by Crippen LogP contribution is 2.24. The first kappa shape index (κ1) is 15.5. The molecule has 1 amide bonds. The lowest BCUT2D eigenvalue weighted by Gasteiger charge is -2.17. The molecule has 3 unspecified atom stereocenters. The van der Waals surface area contributed by atoms with Crippen molar-refractivity contribution < 1.29 is 4.79 Å². The fraction of sp³-hybridized carbons (Fsp3) is 0.562. The minimum atomic E-state index is 0.125. The van der Waals surface area contributed by atoms with E-state index in [9.17, 15) is 4.79 Å². The molecule has 1 aromatic carbocycles. The van der Waals surface area contributed by atoms with Crippen LogP contribution in [0, 0.1) is 5.92 Å². The van der Waals surface area contributed by atoms with Crippen molar-refractivity contribution >= 4 is 21.8 Å². The molecule has 1 fully saturated rings. The quantitative estimate of drug-likeness (QED) is 0.866. The van der Waals surface area contributed by atoms with Crippen LogP contribution in [0.2, 0.25) is 0 Å². The van der Waals surface area contributed by atoms with E-state index < -0.39 is 0 Å². The molecular weight excluding hydrogens is 316 g/mol. The van der Waals surface area contributed by atoms with Gasteiger partial charge in [-0.05, 0) is 56.7 Å². The molecule has 0 spiro atoms. The molecule has 3 atom stereocenters. The van der Waals surface area contributed by atoms with Gasteiger partial charge in [-0.15, -0.1) is 0 Å². The average Bonchev–Trinajstić information content (AvgIpc) is 2.85. The molecule has 4 heteroatoms. The van der Waals surface area contributed by atoms with Gasteiger partial charge in [0.15, 0.2) is 0 Å². The number of rotatable bonds is 5. The normalized spacial score (nSPS) is 23.6. The minimum Gasteiger partial charge on any atom is -0.353 e. The first-order valence-corrected chi connectivity index (χ1v) is 8.14. The van der Waals surface area contributed by atoms with Crippen LogP contribution in [-0.4, -0.2) is 18.0 Å². The second-order valence-corrected chi connectivity index (χ2v) is 6.76. The summed E-state index contributed by atoms with van der Waals surface area (Å²) in [4.78, 5) is 12.1. The molecule has 0 aliphatic heterocycles. The van der Waals surface area contributed by atoms with E-state index >= 15 is 0 Å². The van der Waals surface area contributed by atoms with Gasteiger partial charge in [0.25, 0.3) is 0 Å². The third-order valence-electron chi connectivity index (χ3n) is 4.01. The summed E-state index contributed by atoms with van der Waals surface area (Å²) in [7, 11) is 0. The number of halogens is 1. The zero-order valence-corrected chi connectivity index (χ0v) is 13.5. The van der Waals surface area contributed by atoms with Crippen LogP contribution in [0.1, 0.15) is 38.2 Å². The third kappa shape index (κ3) is 4.60. The first-order chi connectivity index (χ1) is 9.54. The molecule has 0 bridgehead atoms. The zero-order chi connectivity index (χ0) is 14.5. The lowest BCUT2D eigenvalue weighted by atomic mass is 10.0. The Morgan fingerprint density at radius 3 is 2.70 bits per heavy atom. The maximum atomic E-state index is 12.1. The highest BCUT2D eigenvalue weighted by molar-refractivity contribution is 9.10. The van der Waals surface area contributed by atoms with Crippen molar-refractivity contribution in [2.75, 3.05) is 0 Å². The molecule has 3 N–H and O–H groups in total. The number of carbonyl (C=O) groups is 1. The maximum Gasteiger partial charge on any atom is 0.223 e. The summed E-state index contributed by atoms with van der Waals surface area (Å²) in [6.07, 6.45) is 4.70. The fourth-order valence-corrected chi connectivity index (χ4v) is 2.99. The van der Waals surface area contributed by atoms with Crippen molar-refractivity contribution in [3.63, 3.8) is 0 Å². The summed E-state index contributed by atoms with van der Waals surface area (Å²) in [6, 6.07) is 8.77. The summed E-state index contributed by atoms with van der Waals surface area (Å²) >= 11 is 3.43. The van der Waals surface area contributed by atoms with E-state index in [0.29, 0.717) is 0 Å². The number of nitrogens with one attached hydrogen (secondary N) is 1. The molecule has 1 saturated carbocycles. The number of aryl methyl sites for hydroxylation is 1. The van der Waals surface area contributed by atoms with Gasteiger partial charge in [-0.25, -0.2) is 0 Å². The van der Waals surface area contributed by atoms with E-state index in [1.54, 1.807) is 0 Å². The van der Waals surface area contributed by atoms with Crippen molar-refractivity contribution in [1.82, 2.24) is 5.32 Å². The Kier molecular flexibility index (Phi) is 5.61. The summed E-state index contributed by atoms with van der Waals surface area (Å²) in [5, 5.41) is 3.12. The van der Waals surface area contributed by atoms with Crippen LogP contribution in [0.15, 0.2) is 28.7 Å². The van der Waals surface area contributed by atoms with E-state index in [1.165, 1.54) is 5.56 Å². The average molecular weight is 339 g/mol. The minimum absolute atomic E-state index is 0.125. The monoisotopic (exact) mass is 338 g/mol. The summed E-state index contributed by atoms with van der Waals surface area (Å²) in [5.74, 6) is 0.307. The Morgan fingerprint density at radius 2 is 2.10 bits per heavy atom. The molecular formula is C16H23BrN2O. The van der Waals surface area contributed by atoms with Crippen LogP contribution in [-0.2, 0) is 11.2 Å². The zero-order valence-electron chi connectivity index (χ0n) is 11.9. The maximum absolute atomic E-state index is 12.1. The topological polar surface area (TPSA) is 55.1 Å². The number of nitrogens with two attached hydrogens (primary N) is 1. The van der Waals surface area contributed by atoms with Gasteiger partial charge in [-0.3, -0.25) is 4.79 Å². The van der Waals surface area contributed by atoms with Gasteiger partial charge in [-0.1, -0.05) is 28.1 Å². The summed E-state index contributed by atoms with van der Waals surface area (Å²) in [6.45, 7) is 2.08. The second-order valence-electron chi connectivity index (χ2n) is 5.84. The Bertz CT molecular complexity index is 446. The molecule has 0 aromatic heterocycles. The Balaban J connectivity index is 1.73. The molecule has 1 aliphatic carbocycles. The number of hydrogen-bond acceptors (Lipinski definition) is 2. The van der Waals surface area contributed by atoms with E-state index in [0.717, 1.165) is 36.6 Å². The highest BCUT2D eigenvalue weighted by Gasteiger charge is 2.28. The standard InChI is InChI=1S/C16H23BrN2O/c1-11(2-3-12-4-7-14(17)8-5-12)19-16(20)13-6-9-15(18)10-13/h4-5,7-8,11,13,15H,2-3,6,9-10,18H2,1H3,(H,19,20). The largest absolute Gasteiger partial charge is 0.353 e. The smallest absolute Gasteiger partial charge is 0.223 e. The van der Waals surface area contributed by atoms with E-state index in [2.05, 4.69) is 52.4 Å². The Labute approximate surface area is 129 Å². The molecule has 1 aromatic rings. The van der Waals surface area contributed by atoms with Gasteiger partial charge in [0, 0.05) is 22.5 Å². The van der Waals surface area contributed by atoms with Crippen molar-refractivity contribution in [3.8, 4) is 0 Å². The number of hydrogen-bond donors (Lipinski definition) is 2. The van der Waals surface area contributed by atoms with Crippen LogP contribution in [0.25, 0.3) is 0 Å². The van der Waals surface area contributed by atoms with Gasteiger partial charge in [-0.2, -0.15) is 0 Å². The lowest BCUT2D eigenvalue weighted by molar-refractivity contribution is -0.125. The number of carbonyl (C=O) groups excluding carboxylic acids is 1. The second kappa shape index (κ2) is 7.23. The fourth-order valence-electron chi connectivity index (χ4n) is 2.72. The van der Waals surface area contributed by atoms with Crippen LogP contribution >= 0.6 is 15.9 Å². The molecule has 0 heterocycles. The molecule has 0 saturated heterocycles. The summed E-state index contributed by atoms with van der Waals surface area (Å²) in [5.41, 5.74) is 7.16. The van der Waals surface area contributed by atoms with Crippen molar-refractivity contribution in [1.29, 1.82) is 0 Å². The van der Waals surface area contributed by atoms with Crippen LogP contribution < -0.4 is 11.1 Å². The Hall–Kier alpha value is -0.870. The van der Waals surface area contributed by atoms with Gasteiger partial charge in [0.05, 0.1) is 0 Å². The predicted octanol–water partition coefficient (Wildman–Crippen LogP) is 3.01. The molecule has 1 aliphatic rings. The van der Waals surface area contributed by atoms with Gasteiger partial charge in [0.2, 0.25) is 5.91 Å². The Morgan fingerprint density at radius 1 is 1.40 bits per heavy atom. The third-order valence-corrected chi connectivity index (χ3v) is 4.54. The van der Waals surface area contributed by atoms with E-state index in [-0.39, 0.29) is 23.9 Å². The van der Waals surface area contributed by atoms with Crippen LogP contribution in [0.3, 0.4) is 0 Å². The van der Waals surface area contributed by atoms with Crippen molar-refractivity contribution in [3.05, 3.63) is 34.3 Å².